The highest BCUT2D eigenvalue weighted by molar-refractivity contribution is 7.99. The monoisotopic (exact) mass is 443 g/mol. The summed E-state index contributed by atoms with van der Waals surface area (Å²) in [4.78, 5) is 30.6. The standard InChI is InChI=1S/C21H21N3O4S2/c1-13-5-4-6-16(10-13)23-19(25)12-29-21-22-11-18(20(26)24-21)30(27,28)17-8-7-14(2)9-15(17)3/h4-11H,12H2,1-3H3,(H,23,25)(H,22,24,26). The zero-order valence-electron chi connectivity index (χ0n) is 16.7. The molecule has 30 heavy (non-hydrogen) atoms. The first kappa shape index (κ1) is 21.8. The van der Waals surface area contributed by atoms with Crippen LogP contribution in [0, 0.1) is 20.8 Å². The molecule has 0 radical (unpaired) electrons. The van der Waals surface area contributed by atoms with Crippen molar-refractivity contribution in [1.29, 1.82) is 0 Å². The summed E-state index contributed by atoms with van der Waals surface area (Å²) in [5, 5.41) is 2.93. The zero-order chi connectivity index (χ0) is 21.9. The summed E-state index contributed by atoms with van der Waals surface area (Å²) in [5.41, 5.74) is 2.41. The van der Waals surface area contributed by atoms with Crippen molar-refractivity contribution in [1.82, 2.24) is 9.97 Å². The molecule has 1 heterocycles. The number of carbonyl (C=O) groups excluding carboxylic acids is 1. The number of aryl methyl sites for hydroxylation is 3. The molecule has 2 aromatic carbocycles. The fourth-order valence-corrected chi connectivity index (χ4v) is 4.99. The average molecular weight is 444 g/mol. The van der Waals surface area contributed by atoms with Crippen LogP contribution in [0.25, 0.3) is 0 Å². The second-order valence-corrected chi connectivity index (χ2v) is 9.71. The number of nitrogens with zero attached hydrogens (tertiary/aromatic N) is 1. The summed E-state index contributed by atoms with van der Waals surface area (Å²) in [6.07, 6.45) is 1.04. The summed E-state index contributed by atoms with van der Waals surface area (Å²) in [7, 11) is -4.00. The van der Waals surface area contributed by atoms with Gasteiger partial charge in [-0.05, 0) is 50.1 Å². The van der Waals surface area contributed by atoms with Gasteiger partial charge in [0.1, 0.15) is 0 Å². The number of nitrogens with one attached hydrogen (secondary N) is 2. The Hall–Kier alpha value is -2.91. The lowest BCUT2D eigenvalue weighted by molar-refractivity contribution is -0.113. The van der Waals surface area contributed by atoms with Crippen molar-refractivity contribution in [3.8, 4) is 0 Å². The Labute approximate surface area is 178 Å². The quantitative estimate of drug-likeness (QED) is 0.447. The molecule has 1 amide bonds. The topological polar surface area (TPSA) is 109 Å². The Bertz CT molecular complexity index is 1270. The number of aromatic nitrogens is 2. The molecular formula is C21H21N3O4S2. The van der Waals surface area contributed by atoms with Crippen LogP contribution in [0.15, 0.2) is 68.4 Å². The van der Waals surface area contributed by atoms with Gasteiger partial charge in [-0.15, -0.1) is 0 Å². The lowest BCUT2D eigenvalue weighted by Crippen LogP contribution is -2.20. The minimum absolute atomic E-state index is 0.0139. The largest absolute Gasteiger partial charge is 0.325 e. The second kappa shape index (κ2) is 8.85. The van der Waals surface area contributed by atoms with Crippen molar-refractivity contribution in [3.63, 3.8) is 0 Å². The molecule has 0 fully saturated rings. The number of anilines is 1. The molecule has 0 aliphatic heterocycles. The van der Waals surface area contributed by atoms with E-state index in [2.05, 4.69) is 15.3 Å². The van der Waals surface area contributed by atoms with E-state index in [1.165, 1.54) is 6.07 Å². The van der Waals surface area contributed by atoms with Gasteiger partial charge in [-0.2, -0.15) is 0 Å². The molecule has 9 heteroatoms. The van der Waals surface area contributed by atoms with Gasteiger partial charge in [-0.1, -0.05) is 41.6 Å². The summed E-state index contributed by atoms with van der Waals surface area (Å²) in [6.45, 7) is 5.46. The lowest BCUT2D eigenvalue weighted by atomic mass is 10.2. The first-order valence-corrected chi connectivity index (χ1v) is 11.5. The molecule has 0 aliphatic rings. The molecule has 0 saturated carbocycles. The Morgan fingerprint density at radius 1 is 1.07 bits per heavy atom. The lowest BCUT2D eigenvalue weighted by Gasteiger charge is -2.09. The van der Waals surface area contributed by atoms with E-state index in [0.29, 0.717) is 11.3 Å². The second-order valence-electron chi connectivity index (χ2n) is 6.86. The molecule has 0 spiro atoms. The van der Waals surface area contributed by atoms with Crippen LogP contribution in [-0.4, -0.2) is 30.0 Å². The van der Waals surface area contributed by atoms with Gasteiger partial charge in [0.15, 0.2) is 10.1 Å². The van der Waals surface area contributed by atoms with Crippen molar-refractivity contribution < 1.29 is 13.2 Å². The molecule has 156 valence electrons. The van der Waals surface area contributed by atoms with Crippen molar-refractivity contribution in [2.75, 3.05) is 11.1 Å². The average Bonchev–Trinajstić information content (AvgIpc) is 2.66. The van der Waals surface area contributed by atoms with Crippen LogP contribution < -0.4 is 10.9 Å². The van der Waals surface area contributed by atoms with Gasteiger partial charge < -0.3 is 10.3 Å². The van der Waals surface area contributed by atoms with Crippen molar-refractivity contribution in [2.24, 2.45) is 0 Å². The molecule has 7 nitrogen and oxygen atoms in total. The summed E-state index contributed by atoms with van der Waals surface area (Å²) in [6, 6.07) is 12.3. The van der Waals surface area contributed by atoms with Crippen LogP contribution in [0.2, 0.25) is 0 Å². The molecule has 0 saturated heterocycles. The van der Waals surface area contributed by atoms with Crippen LogP contribution in [0.5, 0.6) is 0 Å². The SMILES string of the molecule is Cc1cccc(NC(=O)CSc2ncc(S(=O)(=O)c3ccc(C)cc3C)c(=O)[nH]2)c1. The normalized spacial score (nSPS) is 11.3. The third-order valence-electron chi connectivity index (χ3n) is 4.29. The number of aromatic amines is 1. The first-order chi connectivity index (χ1) is 14.2. The van der Waals surface area contributed by atoms with Crippen LogP contribution in [0.1, 0.15) is 16.7 Å². The van der Waals surface area contributed by atoms with Gasteiger partial charge in [0.05, 0.1) is 16.8 Å². The summed E-state index contributed by atoms with van der Waals surface area (Å²) in [5.74, 6) is -0.250. The van der Waals surface area contributed by atoms with E-state index in [0.717, 1.165) is 29.1 Å². The molecule has 0 atom stereocenters. The minimum Gasteiger partial charge on any atom is -0.325 e. The number of carbonyl (C=O) groups is 1. The van der Waals surface area contributed by atoms with E-state index >= 15 is 0 Å². The smallest absolute Gasteiger partial charge is 0.270 e. The van der Waals surface area contributed by atoms with E-state index in [1.807, 2.05) is 32.0 Å². The van der Waals surface area contributed by atoms with E-state index in [-0.39, 0.29) is 21.7 Å². The van der Waals surface area contributed by atoms with E-state index in [4.69, 9.17) is 0 Å². The fraction of sp³-hybridized carbons (Fsp3) is 0.190. The Morgan fingerprint density at radius 2 is 1.80 bits per heavy atom. The molecule has 0 bridgehead atoms. The van der Waals surface area contributed by atoms with Gasteiger partial charge in [0, 0.05) is 5.69 Å². The van der Waals surface area contributed by atoms with Crippen molar-refractivity contribution in [2.45, 2.75) is 35.7 Å². The number of H-pyrrole nitrogens is 1. The highest BCUT2D eigenvalue weighted by Gasteiger charge is 2.24. The molecule has 3 aromatic rings. The third-order valence-corrected chi connectivity index (χ3v) is 7.09. The number of amides is 1. The summed E-state index contributed by atoms with van der Waals surface area (Å²) >= 11 is 1.01. The highest BCUT2D eigenvalue weighted by atomic mass is 32.2. The fourth-order valence-electron chi connectivity index (χ4n) is 2.90. The van der Waals surface area contributed by atoms with Crippen LogP contribution in [0.4, 0.5) is 5.69 Å². The minimum atomic E-state index is -4.00. The number of hydrogen-bond donors (Lipinski definition) is 2. The Morgan fingerprint density at radius 3 is 2.47 bits per heavy atom. The number of benzene rings is 2. The number of thioether (sulfide) groups is 1. The molecular weight excluding hydrogens is 422 g/mol. The maximum atomic E-state index is 12.9. The Balaban J connectivity index is 1.73. The maximum Gasteiger partial charge on any atom is 0.270 e. The van der Waals surface area contributed by atoms with E-state index < -0.39 is 20.3 Å². The first-order valence-electron chi connectivity index (χ1n) is 9.08. The molecule has 0 aliphatic carbocycles. The van der Waals surface area contributed by atoms with Gasteiger partial charge in [0.25, 0.3) is 5.56 Å². The number of hydrogen-bond acceptors (Lipinski definition) is 6. The molecule has 3 rings (SSSR count). The number of sulfone groups is 1. The van der Waals surface area contributed by atoms with Gasteiger partial charge in [-0.25, -0.2) is 13.4 Å². The van der Waals surface area contributed by atoms with E-state index in [1.54, 1.807) is 25.1 Å². The van der Waals surface area contributed by atoms with Crippen LogP contribution in [-0.2, 0) is 14.6 Å². The summed E-state index contributed by atoms with van der Waals surface area (Å²) < 4.78 is 25.7. The molecule has 1 aromatic heterocycles. The molecule has 0 unspecified atom stereocenters. The highest BCUT2D eigenvalue weighted by Crippen LogP contribution is 2.23. The third kappa shape index (κ3) is 4.98. The van der Waals surface area contributed by atoms with Crippen molar-refractivity contribution >= 4 is 33.2 Å². The predicted octanol–water partition coefficient (Wildman–Crippen LogP) is 3.26. The van der Waals surface area contributed by atoms with Crippen LogP contribution in [0.3, 0.4) is 0 Å². The molecule has 2 N–H and O–H groups in total. The van der Waals surface area contributed by atoms with Crippen LogP contribution >= 0.6 is 11.8 Å². The van der Waals surface area contributed by atoms with Gasteiger partial charge in [-0.3, -0.25) is 9.59 Å². The predicted molar refractivity (Wildman–Crippen MR) is 117 cm³/mol. The van der Waals surface area contributed by atoms with E-state index in [9.17, 15) is 18.0 Å². The zero-order valence-corrected chi connectivity index (χ0v) is 18.4. The van der Waals surface area contributed by atoms with Gasteiger partial charge >= 0.3 is 0 Å². The number of rotatable bonds is 6. The Kier molecular flexibility index (Phi) is 6.42. The maximum absolute atomic E-state index is 12.9. The van der Waals surface area contributed by atoms with Crippen molar-refractivity contribution in [3.05, 3.63) is 75.7 Å². The van der Waals surface area contributed by atoms with Gasteiger partial charge in [0.2, 0.25) is 15.7 Å².